The first-order chi connectivity index (χ1) is 11.2. The molecule has 3 nitrogen and oxygen atoms in total. The molecule has 2 aromatic rings. The Bertz CT molecular complexity index is 668. The second kappa shape index (κ2) is 6.97. The summed E-state index contributed by atoms with van der Waals surface area (Å²) >= 11 is 0. The maximum atomic E-state index is 12.1. The summed E-state index contributed by atoms with van der Waals surface area (Å²) in [7, 11) is 0. The average molecular weight is 308 g/mol. The molecule has 120 valence electrons. The van der Waals surface area contributed by atoms with Crippen LogP contribution in [0.5, 0.6) is 0 Å². The van der Waals surface area contributed by atoms with Gasteiger partial charge in [-0.3, -0.25) is 4.79 Å². The lowest BCUT2D eigenvalue weighted by Gasteiger charge is -2.27. The van der Waals surface area contributed by atoms with E-state index >= 15 is 0 Å². The van der Waals surface area contributed by atoms with Crippen LogP contribution in [0, 0.1) is 0 Å². The highest BCUT2D eigenvalue weighted by Gasteiger charge is 2.33. The molecule has 1 saturated heterocycles. The minimum absolute atomic E-state index is 0.0749. The van der Waals surface area contributed by atoms with Gasteiger partial charge < -0.3 is 10.6 Å². The van der Waals surface area contributed by atoms with Gasteiger partial charge in [0.05, 0.1) is 6.04 Å². The second-order valence-electron chi connectivity index (χ2n) is 6.23. The van der Waals surface area contributed by atoms with Crippen molar-refractivity contribution in [2.45, 2.75) is 38.3 Å². The predicted molar refractivity (Wildman–Crippen MR) is 94.0 cm³/mol. The van der Waals surface area contributed by atoms with Crippen molar-refractivity contribution in [3.63, 3.8) is 0 Å². The lowest BCUT2D eigenvalue weighted by atomic mass is 9.97. The average Bonchev–Trinajstić information content (AvgIpc) is 2.96. The third kappa shape index (κ3) is 3.45. The van der Waals surface area contributed by atoms with Crippen molar-refractivity contribution in [1.82, 2.24) is 4.90 Å². The number of benzene rings is 2. The van der Waals surface area contributed by atoms with Crippen molar-refractivity contribution < 1.29 is 4.79 Å². The molecule has 0 aromatic heterocycles. The number of amides is 1. The molecule has 1 aliphatic rings. The summed E-state index contributed by atoms with van der Waals surface area (Å²) < 4.78 is 0. The van der Waals surface area contributed by atoms with Crippen LogP contribution in [-0.4, -0.2) is 29.4 Å². The maximum absolute atomic E-state index is 12.1. The van der Waals surface area contributed by atoms with Crippen LogP contribution in [0.15, 0.2) is 54.6 Å². The smallest absolute Gasteiger partial charge is 0.222 e. The second-order valence-corrected chi connectivity index (χ2v) is 6.23. The van der Waals surface area contributed by atoms with E-state index in [2.05, 4.69) is 48.5 Å². The summed E-state index contributed by atoms with van der Waals surface area (Å²) in [5.74, 6) is 0.210. The van der Waals surface area contributed by atoms with Gasteiger partial charge in [0.1, 0.15) is 0 Å². The molecule has 2 aromatic carbocycles. The van der Waals surface area contributed by atoms with E-state index in [1.165, 1.54) is 16.7 Å². The summed E-state index contributed by atoms with van der Waals surface area (Å²) in [5.41, 5.74) is 9.93. The molecular weight excluding hydrogens is 284 g/mol. The van der Waals surface area contributed by atoms with E-state index in [0.29, 0.717) is 6.42 Å². The van der Waals surface area contributed by atoms with Gasteiger partial charge in [-0.1, -0.05) is 61.5 Å². The molecular formula is C20H24N2O. The van der Waals surface area contributed by atoms with E-state index < -0.39 is 0 Å². The fraction of sp³-hybridized carbons (Fsp3) is 0.350. The minimum Gasteiger partial charge on any atom is -0.338 e. The molecule has 0 spiro atoms. The third-order valence-electron chi connectivity index (χ3n) is 4.70. The zero-order valence-corrected chi connectivity index (χ0v) is 13.6. The van der Waals surface area contributed by atoms with Crippen LogP contribution >= 0.6 is 0 Å². The lowest BCUT2D eigenvalue weighted by molar-refractivity contribution is -0.131. The van der Waals surface area contributed by atoms with Crippen LogP contribution in [0.3, 0.4) is 0 Å². The zero-order chi connectivity index (χ0) is 16.2. The third-order valence-corrected chi connectivity index (χ3v) is 4.70. The van der Waals surface area contributed by atoms with Gasteiger partial charge in [0.2, 0.25) is 5.91 Å². The Balaban J connectivity index is 1.81. The van der Waals surface area contributed by atoms with Gasteiger partial charge in [-0.05, 0) is 29.5 Å². The Morgan fingerprint density at radius 3 is 2.61 bits per heavy atom. The molecule has 0 bridgehead atoms. The van der Waals surface area contributed by atoms with E-state index in [1.54, 1.807) is 0 Å². The molecule has 0 radical (unpaired) electrons. The number of hydrogen-bond donors (Lipinski definition) is 1. The Labute approximate surface area is 138 Å². The molecule has 1 fully saturated rings. The van der Waals surface area contributed by atoms with Crippen LogP contribution in [0.2, 0.25) is 0 Å². The quantitative estimate of drug-likeness (QED) is 0.942. The normalized spacial score (nSPS) is 20.7. The molecule has 23 heavy (non-hydrogen) atoms. The van der Waals surface area contributed by atoms with Gasteiger partial charge in [-0.15, -0.1) is 0 Å². The van der Waals surface area contributed by atoms with Crippen LogP contribution in [-0.2, 0) is 11.2 Å². The van der Waals surface area contributed by atoms with Gasteiger partial charge in [-0.2, -0.15) is 0 Å². The topological polar surface area (TPSA) is 46.3 Å². The molecule has 0 saturated carbocycles. The van der Waals surface area contributed by atoms with Crippen molar-refractivity contribution in [2.24, 2.45) is 5.73 Å². The molecule has 2 atom stereocenters. The van der Waals surface area contributed by atoms with E-state index in [4.69, 9.17) is 5.73 Å². The Morgan fingerprint density at radius 2 is 1.87 bits per heavy atom. The number of likely N-dealkylation sites (tertiary alicyclic amines) is 1. The fourth-order valence-corrected chi connectivity index (χ4v) is 3.40. The summed E-state index contributed by atoms with van der Waals surface area (Å²) in [6, 6.07) is 19.1. The van der Waals surface area contributed by atoms with Crippen LogP contribution in [0.4, 0.5) is 0 Å². The monoisotopic (exact) mass is 308 g/mol. The van der Waals surface area contributed by atoms with E-state index in [-0.39, 0.29) is 18.0 Å². The highest BCUT2D eigenvalue weighted by Crippen LogP contribution is 2.25. The number of carbonyl (C=O) groups excluding carboxylic acids is 1. The molecule has 3 heteroatoms. The van der Waals surface area contributed by atoms with Crippen molar-refractivity contribution in [1.29, 1.82) is 0 Å². The standard InChI is InChI=1S/C20H24N2O/c1-2-20(23)22-12-11-18(21)19(22)14-15-7-6-10-17(13-15)16-8-4-3-5-9-16/h3-10,13,18-19H,2,11-12,14,21H2,1H3. The molecule has 0 aliphatic carbocycles. The summed E-state index contributed by atoms with van der Waals surface area (Å²) in [5, 5.41) is 0. The number of nitrogens with two attached hydrogens (primary N) is 1. The lowest BCUT2D eigenvalue weighted by Crippen LogP contribution is -2.43. The SMILES string of the molecule is CCC(=O)N1CCC(N)C1Cc1cccc(-c2ccccc2)c1. The van der Waals surface area contributed by atoms with Crippen molar-refractivity contribution >= 4 is 5.91 Å². The Kier molecular flexibility index (Phi) is 4.77. The van der Waals surface area contributed by atoms with Gasteiger partial charge in [0.15, 0.2) is 0 Å². The summed E-state index contributed by atoms with van der Waals surface area (Å²) in [6.07, 6.45) is 2.27. The Morgan fingerprint density at radius 1 is 1.13 bits per heavy atom. The predicted octanol–water partition coefficient (Wildman–Crippen LogP) is 3.23. The molecule has 3 rings (SSSR count). The van der Waals surface area contributed by atoms with Gasteiger partial charge in [-0.25, -0.2) is 0 Å². The van der Waals surface area contributed by atoms with Gasteiger partial charge >= 0.3 is 0 Å². The molecule has 2 N–H and O–H groups in total. The summed E-state index contributed by atoms with van der Waals surface area (Å²) in [6.45, 7) is 2.70. The number of hydrogen-bond acceptors (Lipinski definition) is 2. The molecule has 1 heterocycles. The first-order valence-electron chi connectivity index (χ1n) is 8.38. The Hall–Kier alpha value is -2.13. The van der Waals surface area contributed by atoms with Gasteiger partial charge in [0, 0.05) is 19.0 Å². The first kappa shape index (κ1) is 15.8. The summed E-state index contributed by atoms with van der Waals surface area (Å²) in [4.78, 5) is 14.1. The fourth-order valence-electron chi connectivity index (χ4n) is 3.40. The largest absolute Gasteiger partial charge is 0.338 e. The van der Waals surface area contributed by atoms with E-state index in [1.807, 2.05) is 17.9 Å². The van der Waals surface area contributed by atoms with Crippen molar-refractivity contribution in [3.05, 3.63) is 60.2 Å². The van der Waals surface area contributed by atoms with Crippen molar-refractivity contribution in [2.75, 3.05) is 6.54 Å². The number of nitrogens with zero attached hydrogens (tertiary/aromatic N) is 1. The molecule has 1 amide bonds. The molecule has 2 unspecified atom stereocenters. The van der Waals surface area contributed by atoms with E-state index in [9.17, 15) is 4.79 Å². The van der Waals surface area contributed by atoms with Crippen LogP contribution in [0.25, 0.3) is 11.1 Å². The number of rotatable bonds is 4. The van der Waals surface area contributed by atoms with E-state index in [0.717, 1.165) is 19.4 Å². The van der Waals surface area contributed by atoms with Crippen LogP contribution in [0.1, 0.15) is 25.3 Å². The number of carbonyl (C=O) groups is 1. The van der Waals surface area contributed by atoms with Gasteiger partial charge in [0.25, 0.3) is 0 Å². The zero-order valence-electron chi connectivity index (χ0n) is 13.6. The maximum Gasteiger partial charge on any atom is 0.222 e. The van der Waals surface area contributed by atoms with Crippen molar-refractivity contribution in [3.8, 4) is 11.1 Å². The first-order valence-corrected chi connectivity index (χ1v) is 8.38. The van der Waals surface area contributed by atoms with Crippen LogP contribution < -0.4 is 5.73 Å². The highest BCUT2D eigenvalue weighted by molar-refractivity contribution is 5.76. The highest BCUT2D eigenvalue weighted by atomic mass is 16.2. The molecule has 1 aliphatic heterocycles. The minimum atomic E-state index is 0.0749.